The second-order valence-corrected chi connectivity index (χ2v) is 44.1. The molecule has 120 heavy (non-hydrogen) atoms. The van der Waals surface area contributed by atoms with Crippen LogP contribution in [0.2, 0.25) is 0 Å². The Bertz CT molecular complexity index is 2230. The molecule has 0 aromatic rings. The molecule has 8 heteroatoms. The minimum Gasteiger partial charge on any atom is -0.286 e. The predicted molar refractivity (Wildman–Crippen MR) is 526 cm³/mol. The van der Waals surface area contributed by atoms with Crippen molar-refractivity contribution < 1.29 is 0 Å². The molecule has 0 spiro atoms. The van der Waals surface area contributed by atoms with Crippen molar-refractivity contribution in [2.45, 2.75) is 618 Å². The van der Waals surface area contributed by atoms with E-state index in [4.69, 9.17) is 31.9 Å². The van der Waals surface area contributed by atoms with E-state index in [1.165, 1.54) is 514 Å². The molecule has 4 saturated carbocycles. The Morgan fingerprint density at radius 1 is 0.133 bits per heavy atom. The predicted octanol–water partition coefficient (Wildman–Crippen LogP) is 32.7. The van der Waals surface area contributed by atoms with Gasteiger partial charge in [0.2, 0.25) is 0 Å². The van der Waals surface area contributed by atoms with Gasteiger partial charge in [-0.3, -0.25) is 42.5 Å². The van der Waals surface area contributed by atoms with Crippen LogP contribution in [-0.4, -0.2) is 49.3 Å². The highest BCUT2D eigenvalue weighted by Crippen LogP contribution is 2.60. The maximum atomic E-state index is 5.26. The number of unbranched alkanes of at least 4 members (excludes halogenated alkanes) is 56. The first-order chi connectivity index (χ1) is 59.4. The van der Waals surface area contributed by atoms with E-state index in [1.54, 1.807) is 0 Å². The van der Waals surface area contributed by atoms with Gasteiger partial charge in [-0.15, -0.1) is 0 Å². The molecule has 0 amide bonds. The Labute approximate surface area is 751 Å². The van der Waals surface area contributed by atoms with Crippen LogP contribution in [-0.2, 0) is 0 Å². The van der Waals surface area contributed by atoms with E-state index in [0.29, 0.717) is 96.7 Å². The zero-order chi connectivity index (χ0) is 84.1. The third-order valence-corrected chi connectivity index (χ3v) is 35.2. The first-order valence-electron chi connectivity index (χ1n) is 57.5. The number of rotatable bonds is 72. The molecule has 8 bridgehead atoms. The summed E-state index contributed by atoms with van der Waals surface area (Å²) < 4.78 is 0. The molecule has 704 valence electrons. The third-order valence-electron chi connectivity index (χ3n) is 35.2. The van der Waals surface area contributed by atoms with E-state index in [-0.39, 0.29) is 0 Å². The summed E-state index contributed by atoms with van der Waals surface area (Å²) in [5.74, 6) is 11.6. The zero-order valence-corrected chi connectivity index (χ0v) is 82.4. The van der Waals surface area contributed by atoms with Gasteiger partial charge in [-0.05, 0) is 172 Å². The average molecular weight is 1680 g/mol. The summed E-state index contributed by atoms with van der Waals surface area (Å²) in [5.41, 5.74) is 0. The highest BCUT2D eigenvalue weighted by Gasteiger charge is 2.63. The molecular weight excluding hydrogens is 1460 g/mol. The number of hydrogen-bond donors (Lipinski definition) is 8. The lowest BCUT2D eigenvalue weighted by Crippen LogP contribution is -2.62. The van der Waals surface area contributed by atoms with Gasteiger partial charge >= 0.3 is 0 Å². The van der Waals surface area contributed by atoms with Crippen LogP contribution in [0.4, 0.5) is 0 Å². The fourth-order valence-electron chi connectivity index (χ4n) is 28.7. The molecule has 24 atom stereocenters. The standard InChI is InChI=1S/C112H216N8/c1-9-17-25-33-41-49-57-65-77-89-91(79-67-59-51-43-35-27-19-11-3)95(83-71-63-55-47-39-31-23-15-7)103-101(93(89)81-69-61-53-45-37-29-21-13-5)109-116-107-99-87-75-73-85-97(99)105(114-107)113-106-98-86-74-76-88-100(98)108(115-106)117-110-102-94(82-70-62-54-46-38-30-22-14-6)90(78-66-58-50-42-34-26-18-10-2)92(80-68-60-52-44-36-28-20-12-4)96(84-72-64-56-48-40-32-24-16-8)104(102)112(119-110)120-111(103)118-109/h89-120H,9-88H2,1-8H3. The summed E-state index contributed by atoms with van der Waals surface area (Å²) in [6, 6.07) is 0. The first-order valence-corrected chi connectivity index (χ1v) is 57.5. The van der Waals surface area contributed by atoms with Gasteiger partial charge < -0.3 is 0 Å². The summed E-state index contributed by atoms with van der Waals surface area (Å²) in [6.45, 7) is 19.3. The minimum atomic E-state index is 0.299. The molecular formula is C112H216N8. The molecule has 9 fully saturated rings. The SMILES string of the molecule is CCCCCCCCCCC1C(CCCCCCCCCC)C(CCCCCCCCCC)C2C3NC(NC4NC(NC5NC(NC6NC(N3)C3C(CCCCCCCCCC)C(CCCCCCCCCC)C(CCCCCCCCCC)C(CCCCCCCCCC)C63)C3CCCCC53)C3CCCCC43)C2C1CCCCCCCCCC. The maximum Gasteiger partial charge on any atom is 0.0631 e. The highest BCUT2D eigenvalue weighted by atomic mass is 15.4. The van der Waals surface area contributed by atoms with Crippen LogP contribution in [0.1, 0.15) is 569 Å². The van der Waals surface area contributed by atoms with Crippen molar-refractivity contribution in [1.29, 1.82) is 0 Å². The molecule has 8 N–H and O–H groups in total. The van der Waals surface area contributed by atoms with Crippen molar-refractivity contribution in [1.82, 2.24) is 42.5 Å². The van der Waals surface area contributed by atoms with Gasteiger partial charge in [0.15, 0.2) is 0 Å². The minimum absolute atomic E-state index is 0.299. The quantitative estimate of drug-likeness (QED) is 0.0286. The van der Waals surface area contributed by atoms with Gasteiger partial charge in [-0.2, -0.15) is 0 Å². The molecule has 0 radical (unpaired) electrons. The summed E-state index contributed by atoms with van der Waals surface area (Å²) in [7, 11) is 0. The van der Waals surface area contributed by atoms with Gasteiger partial charge in [0.1, 0.15) is 0 Å². The van der Waals surface area contributed by atoms with Gasteiger partial charge in [-0.25, -0.2) is 0 Å². The Morgan fingerprint density at radius 3 is 0.400 bits per heavy atom. The van der Waals surface area contributed by atoms with Crippen LogP contribution < -0.4 is 42.5 Å². The number of hydrogen-bond acceptors (Lipinski definition) is 8. The molecule has 9 rings (SSSR count). The molecule has 5 saturated heterocycles. The molecule has 4 aliphatic carbocycles. The van der Waals surface area contributed by atoms with Crippen LogP contribution in [0, 0.1) is 94.7 Å². The van der Waals surface area contributed by atoms with Crippen LogP contribution in [0.3, 0.4) is 0 Å². The fraction of sp³-hybridized carbons (Fsp3) is 1.00. The second-order valence-electron chi connectivity index (χ2n) is 44.1. The third kappa shape index (κ3) is 35.1. The van der Waals surface area contributed by atoms with Crippen molar-refractivity contribution in [2.24, 2.45) is 94.7 Å². The Morgan fingerprint density at radius 2 is 0.250 bits per heavy atom. The largest absolute Gasteiger partial charge is 0.286 e. The number of nitrogens with one attached hydrogen (secondary N) is 8. The van der Waals surface area contributed by atoms with Crippen LogP contribution in [0.15, 0.2) is 0 Å². The Balaban J connectivity index is 1.20. The lowest BCUT2D eigenvalue weighted by molar-refractivity contribution is -0.0531. The zero-order valence-electron chi connectivity index (χ0n) is 82.4. The normalized spacial score (nSPS) is 32.2. The molecule has 5 heterocycles. The topological polar surface area (TPSA) is 96.2 Å². The lowest BCUT2D eigenvalue weighted by Gasteiger charge is -2.54. The van der Waals surface area contributed by atoms with Gasteiger partial charge in [0.05, 0.1) is 49.3 Å². The van der Waals surface area contributed by atoms with Crippen LogP contribution >= 0.6 is 0 Å². The van der Waals surface area contributed by atoms with Crippen molar-refractivity contribution in [3.63, 3.8) is 0 Å². The van der Waals surface area contributed by atoms with E-state index < -0.39 is 0 Å². The van der Waals surface area contributed by atoms with Gasteiger partial charge in [-0.1, -0.05) is 492 Å². The van der Waals surface area contributed by atoms with Crippen LogP contribution in [0.5, 0.6) is 0 Å². The lowest BCUT2D eigenvalue weighted by atomic mass is 9.52. The number of fused-ring (bicyclic) bond motifs is 20. The maximum absolute atomic E-state index is 5.26. The van der Waals surface area contributed by atoms with E-state index in [0.717, 1.165) is 47.3 Å². The highest BCUT2D eigenvalue weighted by molar-refractivity contribution is 5.15. The van der Waals surface area contributed by atoms with Crippen molar-refractivity contribution in [3.05, 3.63) is 0 Å². The average Bonchev–Trinajstić information content (AvgIpc) is 1.56. The van der Waals surface area contributed by atoms with Crippen LogP contribution in [0.25, 0.3) is 0 Å². The summed E-state index contributed by atoms with van der Waals surface area (Å²) in [6.07, 6.45) is 118. The monoisotopic (exact) mass is 1670 g/mol. The van der Waals surface area contributed by atoms with E-state index in [2.05, 4.69) is 66.0 Å². The van der Waals surface area contributed by atoms with Crippen molar-refractivity contribution in [3.8, 4) is 0 Å². The molecule has 8 nitrogen and oxygen atoms in total. The molecule has 24 unspecified atom stereocenters. The van der Waals surface area contributed by atoms with E-state index in [9.17, 15) is 0 Å². The van der Waals surface area contributed by atoms with E-state index in [1.807, 2.05) is 0 Å². The summed E-state index contributed by atoms with van der Waals surface area (Å²) >= 11 is 0. The fourth-order valence-corrected chi connectivity index (χ4v) is 28.7. The Kier molecular flexibility index (Phi) is 55.5. The van der Waals surface area contributed by atoms with Crippen molar-refractivity contribution in [2.75, 3.05) is 0 Å². The first kappa shape index (κ1) is 103. The molecule has 9 aliphatic rings. The van der Waals surface area contributed by atoms with Crippen molar-refractivity contribution >= 4 is 0 Å². The van der Waals surface area contributed by atoms with Gasteiger partial charge in [0, 0.05) is 0 Å². The summed E-state index contributed by atoms with van der Waals surface area (Å²) in [4.78, 5) is 0. The van der Waals surface area contributed by atoms with Gasteiger partial charge in [0.25, 0.3) is 0 Å². The Hall–Kier alpha value is -0.320. The summed E-state index contributed by atoms with van der Waals surface area (Å²) in [5, 5.41) is 39.4. The molecule has 0 aromatic heterocycles. The smallest absolute Gasteiger partial charge is 0.0631 e. The second kappa shape index (κ2) is 64.5. The van der Waals surface area contributed by atoms with E-state index >= 15 is 0 Å². The molecule has 0 aromatic carbocycles. The molecule has 5 aliphatic heterocycles.